The minimum absolute atomic E-state index is 0.0776. The summed E-state index contributed by atoms with van der Waals surface area (Å²) in [5.41, 5.74) is 0.962. The smallest absolute Gasteiger partial charge is 0.350 e. The van der Waals surface area contributed by atoms with Crippen molar-refractivity contribution in [1.82, 2.24) is 19.2 Å². The van der Waals surface area contributed by atoms with Crippen molar-refractivity contribution >= 4 is 5.97 Å². The molecule has 1 aliphatic heterocycles. The molecule has 1 aliphatic rings. The minimum Gasteiger partial charge on any atom is -0.492 e. The summed E-state index contributed by atoms with van der Waals surface area (Å²) in [6.07, 6.45) is 3.27. The molecule has 1 fully saturated rings. The van der Waals surface area contributed by atoms with Gasteiger partial charge in [0.05, 0.1) is 23.9 Å². The first-order chi connectivity index (χ1) is 15.7. The number of carbonyl (C=O) groups excluding carboxylic acids is 1. The summed E-state index contributed by atoms with van der Waals surface area (Å²) in [6, 6.07) is 16.7. The molecular weight excluding hydrogens is 408 g/mol. The molecule has 0 unspecified atom stereocenters. The highest BCUT2D eigenvalue weighted by Crippen LogP contribution is 2.20. The first kappa shape index (κ1) is 21.8. The van der Waals surface area contributed by atoms with Gasteiger partial charge in [-0.15, -0.1) is 0 Å². The molecule has 8 heteroatoms. The highest BCUT2D eigenvalue weighted by atomic mass is 16.5. The third-order valence-corrected chi connectivity index (χ3v) is 5.67. The van der Waals surface area contributed by atoms with Crippen LogP contribution < -0.4 is 10.4 Å². The van der Waals surface area contributed by atoms with E-state index in [1.165, 1.54) is 4.57 Å². The summed E-state index contributed by atoms with van der Waals surface area (Å²) in [7, 11) is 0. The Hall–Kier alpha value is -3.39. The highest BCUT2D eigenvalue weighted by Gasteiger charge is 2.23. The molecular formula is C24H28N4O4. The normalized spacial score (nSPS) is 14.9. The summed E-state index contributed by atoms with van der Waals surface area (Å²) in [4.78, 5) is 27.1. The number of aromatic nitrogens is 3. The molecule has 0 bridgehead atoms. The lowest BCUT2D eigenvalue weighted by Gasteiger charge is -2.31. The van der Waals surface area contributed by atoms with Crippen molar-refractivity contribution in [1.29, 1.82) is 0 Å². The van der Waals surface area contributed by atoms with Gasteiger partial charge < -0.3 is 9.47 Å². The van der Waals surface area contributed by atoms with Crippen molar-refractivity contribution in [3.63, 3.8) is 0 Å². The second-order valence-electron chi connectivity index (χ2n) is 7.73. The van der Waals surface area contributed by atoms with Crippen LogP contribution >= 0.6 is 0 Å². The third kappa shape index (κ3) is 5.08. The van der Waals surface area contributed by atoms with Crippen LogP contribution in [0, 0.1) is 0 Å². The van der Waals surface area contributed by atoms with Gasteiger partial charge in [-0.05, 0) is 56.2 Å². The summed E-state index contributed by atoms with van der Waals surface area (Å²) < 4.78 is 13.9. The standard InChI is InChI=1S/C24H28N4O4/c1-2-31-23(29)19-8-10-20(11-9-19)27-18-25-28(24(27)30)21-12-14-26(15-13-21)16-17-32-22-6-4-3-5-7-22/h3-11,18,21H,2,12-17H2,1H3. The van der Waals surface area contributed by atoms with Gasteiger partial charge >= 0.3 is 11.7 Å². The first-order valence-corrected chi connectivity index (χ1v) is 11.0. The predicted octanol–water partition coefficient (Wildman–Crippen LogP) is 2.93. The quantitative estimate of drug-likeness (QED) is 0.505. The Morgan fingerprint density at radius 1 is 1.06 bits per heavy atom. The topological polar surface area (TPSA) is 78.6 Å². The number of benzene rings is 2. The van der Waals surface area contributed by atoms with E-state index in [2.05, 4.69) is 10.00 Å². The molecule has 2 aromatic carbocycles. The lowest BCUT2D eigenvalue weighted by Crippen LogP contribution is -2.39. The van der Waals surface area contributed by atoms with Gasteiger partial charge in [0, 0.05) is 19.6 Å². The number of piperidine rings is 1. The number of hydrogen-bond acceptors (Lipinski definition) is 6. The number of esters is 1. The van der Waals surface area contributed by atoms with Crippen molar-refractivity contribution in [2.75, 3.05) is 32.8 Å². The summed E-state index contributed by atoms with van der Waals surface area (Å²) in [5, 5.41) is 4.36. The molecule has 168 valence electrons. The Labute approximate surface area is 187 Å². The first-order valence-electron chi connectivity index (χ1n) is 11.0. The van der Waals surface area contributed by atoms with E-state index >= 15 is 0 Å². The second kappa shape index (κ2) is 10.3. The van der Waals surface area contributed by atoms with Crippen molar-refractivity contribution < 1.29 is 14.3 Å². The zero-order valence-corrected chi connectivity index (χ0v) is 18.2. The van der Waals surface area contributed by atoms with Crippen LogP contribution in [0.25, 0.3) is 5.69 Å². The Balaban J connectivity index is 1.32. The lowest BCUT2D eigenvalue weighted by atomic mass is 10.1. The number of likely N-dealkylation sites (tertiary alicyclic amines) is 1. The van der Waals surface area contributed by atoms with Crippen LogP contribution in [-0.4, -0.2) is 58.1 Å². The van der Waals surface area contributed by atoms with Crippen LogP contribution in [0.4, 0.5) is 0 Å². The number of hydrogen-bond donors (Lipinski definition) is 0. The van der Waals surface area contributed by atoms with Crippen LogP contribution in [0.1, 0.15) is 36.2 Å². The zero-order chi connectivity index (χ0) is 22.3. The molecule has 0 atom stereocenters. The largest absolute Gasteiger partial charge is 0.492 e. The molecule has 0 spiro atoms. The van der Waals surface area contributed by atoms with Crippen LogP contribution in [0.5, 0.6) is 5.75 Å². The average molecular weight is 437 g/mol. The van der Waals surface area contributed by atoms with E-state index in [0.29, 0.717) is 24.5 Å². The zero-order valence-electron chi connectivity index (χ0n) is 18.2. The molecule has 32 heavy (non-hydrogen) atoms. The van der Waals surface area contributed by atoms with E-state index in [4.69, 9.17) is 9.47 Å². The monoisotopic (exact) mass is 436 g/mol. The lowest BCUT2D eigenvalue weighted by molar-refractivity contribution is 0.0526. The van der Waals surface area contributed by atoms with Crippen LogP contribution in [0.2, 0.25) is 0 Å². The predicted molar refractivity (Wildman–Crippen MR) is 120 cm³/mol. The Bertz CT molecular complexity index is 1070. The third-order valence-electron chi connectivity index (χ3n) is 5.67. The summed E-state index contributed by atoms with van der Waals surface area (Å²) >= 11 is 0. The highest BCUT2D eigenvalue weighted by molar-refractivity contribution is 5.89. The molecule has 1 saturated heterocycles. The molecule has 8 nitrogen and oxygen atoms in total. The van der Waals surface area contributed by atoms with E-state index in [1.54, 1.807) is 42.2 Å². The van der Waals surface area contributed by atoms with E-state index < -0.39 is 0 Å². The maximum Gasteiger partial charge on any atom is 0.350 e. The molecule has 3 aromatic rings. The average Bonchev–Trinajstić information content (AvgIpc) is 3.22. The molecule has 2 heterocycles. The van der Waals surface area contributed by atoms with Gasteiger partial charge in [-0.25, -0.2) is 18.8 Å². The Kier molecular flexibility index (Phi) is 7.01. The van der Waals surface area contributed by atoms with E-state index in [1.807, 2.05) is 30.3 Å². The van der Waals surface area contributed by atoms with Crippen molar-refractivity contribution in [2.45, 2.75) is 25.8 Å². The fraction of sp³-hybridized carbons (Fsp3) is 0.375. The molecule has 0 radical (unpaired) electrons. The maximum atomic E-state index is 12.9. The Morgan fingerprint density at radius 3 is 2.47 bits per heavy atom. The summed E-state index contributed by atoms with van der Waals surface area (Å²) in [6.45, 7) is 5.39. The summed E-state index contributed by atoms with van der Waals surface area (Å²) in [5.74, 6) is 0.512. The second-order valence-corrected chi connectivity index (χ2v) is 7.73. The van der Waals surface area contributed by atoms with E-state index in [-0.39, 0.29) is 17.7 Å². The van der Waals surface area contributed by atoms with Gasteiger partial charge in [-0.1, -0.05) is 18.2 Å². The molecule has 0 saturated carbocycles. The van der Waals surface area contributed by atoms with E-state index in [0.717, 1.165) is 38.2 Å². The van der Waals surface area contributed by atoms with Gasteiger partial charge in [0.1, 0.15) is 18.7 Å². The number of para-hydroxylation sites is 1. The van der Waals surface area contributed by atoms with Gasteiger partial charge in [0.25, 0.3) is 0 Å². The number of ether oxygens (including phenoxy) is 2. The van der Waals surface area contributed by atoms with Gasteiger partial charge in [-0.2, -0.15) is 5.10 Å². The van der Waals surface area contributed by atoms with Crippen molar-refractivity contribution in [3.05, 3.63) is 77.0 Å². The van der Waals surface area contributed by atoms with Crippen LogP contribution in [-0.2, 0) is 4.74 Å². The molecule has 0 aliphatic carbocycles. The molecule has 0 N–H and O–H groups in total. The van der Waals surface area contributed by atoms with Crippen molar-refractivity contribution in [3.8, 4) is 11.4 Å². The van der Waals surface area contributed by atoms with Gasteiger partial charge in [-0.3, -0.25) is 4.90 Å². The minimum atomic E-state index is -0.372. The number of carbonyl (C=O) groups is 1. The van der Waals surface area contributed by atoms with Crippen molar-refractivity contribution in [2.24, 2.45) is 0 Å². The Morgan fingerprint density at radius 2 is 1.78 bits per heavy atom. The molecule has 1 aromatic heterocycles. The number of rotatable bonds is 8. The molecule has 4 rings (SSSR count). The fourth-order valence-corrected chi connectivity index (χ4v) is 3.91. The SMILES string of the molecule is CCOC(=O)c1ccc(-n2cnn(C3CCN(CCOc4ccccc4)CC3)c2=O)cc1. The fourth-order valence-electron chi connectivity index (χ4n) is 3.91. The van der Waals surface area contributed by atoms with Crippen LogP contribution in [0.3, 0.4) is 0 Å². The number of nitrogens with zero attached hydrogens (tertiary/aromatic N) is 4. The van der Waals surface area contributed by atoms with E-state index in [9.17, 15) is 9.59 Å². The maximum absolute atomic E-state index is 12.9. The van der Waals surface area contributed by atoms with Gasteiger partial charge in [0.15, 0.2) is 0 Å². The van der Waals surface area contributed by atoms with Crippen LogP contribution in [0.15, 0.2) is 65.7 Å². The van der Waals surface area contributed by atoms with Gasteiger partial charge in [0.2, 0.25) is 0 Å². The molecule has 0 amide bonds.